The van der Waals surface area contributed by atoms with Crippen LogP contribution in [0.5, 0.6) is 0 Å². The Hall–Kier alpha value is -1.59. The Kier molecular flexibility index (Phi) is 8.57. The van der Waals surface area contributed by atoms with Crippen LogP contribution in [0.25, 0.3) is 0 Å². The molecule has 19 heavy (non-hydrogen) atoms. The Labute approximate surface area is 113 Å². The number of carbonyl (C=O) groups excluding carboxylic acids is 2. The van der Waals surface area contributed by atoms with Crippen molar-refractivity contribution in [2.45, 2.75) is 40.0 Å². The normalized spacial score (nSPS) is 12.0. The van der Waals surface area contributed by atoms with Gasteiger partial charge in [0.15, 0.2) is 0 Å². The summed E-state index contributed by atoms with van der Waals surface area (Å²) in [5, 5.41) is 11.5. The molecular formula is C13H23NO5. The minimum Gasteiger partial charge on any atom is -0.481 e. The average molecular weight is 273 g/mol. The molecule has 0 radical (unpaired) electrons. The molecule has 110 valence electrons. The Bertz CT molecular complexity index is 314. The highest BCUT2D eigenvalue weighted by Crippen LogP contribution is 2.11. The molecule has 0 aromatic rings. The fraction of sp³-hybridized carbons (Fsp3) is 0.769. The SMILES string of the molecule is CCOC(=O)CCC(=O)NCC(CC(C)C)C(=O)O. The van der Waals surface area contributed by atoms with Crippen LogP contribution in [0.1, 0.15) is 40.0 Å². The number of aliphatic carboxylic acids is 1. The van der Waals surface area contributed by atoms with Crippen molar-refractivity contribution in [3.05, 3.63) is 0 Å². The van der Waals surface area contributed by atoms with Gasteiger partial charge in [-0.3, -0.25) is 14.4 Å². The number of nitrogens with one attached hydrogen (secondary N) is 1. The molecule has 6 heteroatoms. The second-order valence-electron chi connectivity index (χ2n) is 4.77. The Morgan fingerprint density at radius 3 is 2.32 bits per heavy atom. The first-order chi connectivity index (χ1) is 8.86. The van der Waals surface area contributed by atoms with Gasteiger partial charge in [0.1, 0.15) is 0 Å². The third-order valence-electron chi connectivity index (χ3n) is 2.51. The molecule has 0 spiro atoms. The van der Waals surface area contributed by atoms with E-state index in [0.29, 0.717) is 6.42 Å². The van der Waals surface area contributed by atoms with Gasteiger partial charge in [-0.1, -0.05) is 13.8 Å². The van der Waals surface area contributed by atoms with Gasteiger partial charge in [0.2, 0.25) is 5.91 Å². The minimum absolute atomic E-state index is 0.0155. The van der Waals surface area contributed by atoms with Crippen molar-refractivity contribution in [2.75, 3.05) is 13.2 Å². The summed E-state index contributed by atoms with van der Waals surface area (Å²) in [5.74, 6) is -2.01. The first kappa shape index (κ1) is 17.4. The highest BCUT2D eigenvalue weighted by molar-refractivity contribution is 5.81. The standard InChI is InChI=1S/C13H23NO5/c1-4-19-12(16)6-5-11(15)14-8-10(13(17)18)7-9(2)3/h9-10H,4-8H2,1-3H3,(H,14,15)(H,17,18). The highest BCUT2D eigenvalue weighted by Gasteiger charge is 2.19. The minimum atomic E-state index is -0.917. The lowest BCUT2D eigenvalue weighted by molar-refractivity contribution is -0.145. The maximum absolute atomic E-state index is 11.5. The van der Waals surface area contributed by atoms with Crippen molar-refractivity contribution < 1.29 is 24.2 Å². The number of carboxylic acid groups (broad SMARTS) is 1. The van der Waals surface area contributed by atoms with Crippen molar-refractivity contribution in [1.82, 2.24) is 5.32 Å². The van der Waals surface area contributed by atoms with E-state index in [2.05, 4.69) is 5.32 Å². The lowest BCUT2D eigenvalue weighted by Crippen LogP contribution is -2.33. The zero-order valence-corrected chi connectivity index (χ0v) is 11.8. The molecule has 0 saturated carbocycles. The summed E-state index contributed by atoms with van der Waals surface area (Å²) in [6, 6.07) is 0. The summed E-state index contributed by atoms with van der Waals surface area (Å²) in [5.41, 5.74) is 0. The molecule has 0 aliphatic carbocycles. The second kappa shape index (κ2) is 9.35. The van der Waals surface area contributed by atoms with E-state index in [1.807, 2.05) is 13.8 Å². The Morgan fingerprint density at radius 1 is 1.21 bits per heavy atom. The van der Waals surface area contributed by atoms with Gasteiger partial charge >= 0.3 is 11.9 Å². The number of esters is 1. The van der Waals surface area contributed by atoms with Gasteiger partial charge in [-0.2, -0.15) is 0 Å². The van der Waals surface area contributed by atoms with Crippen molar-refractivity contribution in [2.24, 2.45) is 11.8 Å². The molecule has 0 rings (SSSR count). The molecule has 1 unspecified atom stereocenters. The molecule has 1 atom stereocenters. The van der Waals surface area contributed by atoms with E-state index in [9.17, 15) is 14.4 Å². The predicted octanol–water partition coefficient (Wildman–Crippen LogP) is 1.19. The van der Waals surface area contributed by atoms with E-state index in [1.54, 1.807) is 6.92 Å². The van der Waals surface area contributed by atoms with E-state index in [4.69, 9.17) is 9.84 Å². The van der Waals surface area contributed by atoms with Gasteiger partial charge in [-0.15, -0.1) is 0 Å². The van der Waals surface area contributed by atoms with E-state index in [-0.39, 0.29) is 37.8 Å². The molecule has 0 aromatic carbocycles. The predicted molar refractivity (Wildman–Crippen MR) is 69.5 cm³/mol. The average Bonchev–Trinajstić information content (AvgIpc) is 2.31. The summed E-state index contributed by atoms with van der Waals surface area (Å²) >= 11 is 0. The number of rotatable bonds is 9. The maximum Gasteiger partial charge on any atom is 0.308 e. The van der Waals surface area contributed by atoms with Gasteiger partial charge in [0.05, 0.1) is 18.9 Å². The van der Waals surface area contributed by atoms with Gasteiger partial charge in [-0.05, 0) is 19.3 Å². The van der Waals surface area contributed by atoms with E-state index < -0.39 is 17.9 Å². The van der Waals surface area contributed by atoms with Crippen LogP contribution in [0.2, 0.25) is 0 Å². The van der Waals surface area contributed by atoms with Crippen molar-refractivity contribution in [1.29, 1.82) is 0 Å². The Morgan fingerprint density at radius 2 is 1.84 bits per heavy atom. The fourth-order valence-electron chi connectivity index (χ4n) is 1.61. The third kappa shape index (κ3) is 9.04. The fourth-order valence-corrected chi connectivity index (χ4v) is 1.61. The third-order valence-corrected chi connectivity index (χ3v) is 2.51. The quantitative estimate of drug-likeness (QED) is 0.616. The molecule has 0 saturated heterocycles. The van der Waals surface area contributed by atoms with Crippen LogP contribution in [0.4, 0.5) is 0 Å². The van der Waals surface area contributed by atoms with Crippen LogP contribution in [0.3, 0.4) is 0 Å². The van der Waals surface area contributed by atoms with Crippen LogP contribution >= 0.6 is 0 Å². The topological polar surface area (TPSA) is 92.7 Å². The van der Waals surface area contributed by atoms with Crippen LogP contribution in [-0.4, -0.2) is 36.1 Å². The molecule has 0 heterocycles. The zero-order chi connectivity index (χ0) is 14.8. The van der Waals surface area contributed by atoms with Gasteiger partial charge < -0.3 is 15.2 Å². The van der Waals surface area contributed by atoms with Crippen LogP contribution in [0, 0.1) is 11.8 Å². The largest absolute Gasteiger partial charge is 0.481 e. The smallest absolute Gasteiger partial charge is 0.308 e. The molecule has 1 amide bonds. The van der Waals surface area contributed by atoms with Crippen LogP contribution in [0.15, 0.2) is 0 Å². The number of ether oxygens (including phenoxy) is 1. The lowest BCUT2D eigenvalue weighted by Gasteiger charge is -2.15. The summed E-state index contributed by atoms with van der Waals surface area (Å²) in [7, 11) is 0. The monoisotopic (exact) mass is 273 g/mol. The summed E-state index contributed by atoms with van der Waals surface area (Å²) in [6.45, 7) is 5.93. The molecule has 0 aliphatic rings. The second-order valence-corrected chi connectivity index (χ2v) is 4.77. The van der Waals surface area contributed by atoms with Crippen LogP contribution in [-0.2, 0) is 19.1 Å². The zero-order valence-electron chi connectivity index (χ0n) is 11.8. The number of hydrogen-bond acceptors (Lipinski definition) is 4. The van der Waals surface area contributed by atoms with Crippen molar-refractivity contribution in [3.63, 3.8) is 0 Å². The van der Waals surface area contributed by atoms with Crippen molar-refractivity contribution >= 4 is 17.8 Å². The van der Waals surface area contributed by atoms with Crippen LogP contribution < -0.4 is 5.32 Å². The summed E-state index contributed by atoms with van der Waals surface area (Å²) < 4.78 is 4.70. The van der Waals surface area contributed by atoms with Crippen molar-refractivity contribution in [3.8, 4) is 0 Å². The van der Waals surface area contributed by atoms with Gasteiger partial charge in [0, 0.05) is 13.0 Å². The number of amides is 1. The first-order valence-corrected chi connectivity index (χ1v) is 6.51. The Balaban J connectivity index is 3.98. The maximum atomic E-state index is 11.5. The number of carbonyl (C=O) groups is 3. The highest BCUT2D eigenvalue weighted by atomic mass is 16.5. The molecule has 6 nitrogen and oxygen atoms in total. The number of carboxylic acids is 1. The molecule has 0 aromatic heterocycles. The summed E-state index contributed by atoms with van der Waals surface area (Å²) in [4.78, 5) is 33.5. The van der Waals surface area contributed by atoms with E-state index >= 15 is 0 Å². The molecule has 0 aliphatic heterocycles. The first-order valence-electron chi connectivity index (χ1n) is 6.51. The number of hydrogen-bond donors (Lipinski definition) is 2. The molecule has 0 fully saturated rings. The molecule has 2 N–H and O–H groups in total. The molecular weight excluding hydrogens is 250 g/mol. The lowest BCUT2D eigenvalue weighted by atomic mass is 9.97. The van der Waals surface area contributed by atoms with E-state index in [1.165, 1.54) is 0 Å². The van der Waals surface area contributed by atoms with Gasteiger partial charge in [0.25, 0.3) is 0 Å². The molecule has 0 bridgehead atoms. The summed E-state index contributed by atoms with van der Waals surface area (Å²) in [6.07, 6.45) is 0.544. The van der Waals surface area contributed by atoms with E-state index in [0.717, 1.165) is 0 Å². The van der Waals surface area contributed by atoms with Gasteiger partial charge in [-0.25, -0.2) is 0 Å².